The van der Waals surface area contributed by atoms with Crippen molar-refractivity contribution < 1.29 is 21.9 Å². The molecule has 1 N–H and O–H groups in total. The minimum absolute atomic E-state index is 0.0925. The number of rotatable bonds is 13. The molecule has 25 heavy (non-hydrogen) atoms. The number of hydrogen-bond acceptors (Lipinski definition) is 2. The normalized spacial score (nSPS) is 19.8. The second-order valence-electron chi connectivity index (χ2n) is 8.17. The molecule has 0 radical (unpaired) electrons. The molecule has 0 spiro atoms. The third kappa shape index (κ3) is 8.37. The Kier molecular flexibility index (Phi) is 9.93. The zero-order chi connectivity index (χ0) is 18.8. The Labute approximate surface area is 156 Å². The first-order valence-electron chi connectivity index (χ1n) is 10.5. The van der Waals surface area contributed by atoms with Gasteiger partial charge in [0.15, 0.2) is 0 Å². The van der Waals surface area contributed by atoms with Gasteiger partial charge in [-0.3, -0.25) is 4.55 Å². The van der Waals surface area contributed by atoms with Crippen LogP contribution in [0.25, 0.3) is 0 Å². The molecule has 0 aliphatic carbocycles. The molecular weight excluding hydrogens is 336 g/mol. The van der Waals surface area contributed by atoms with E-state index < -0.39 is 10.1 Å². The van der Waals surface area contributed by atoms with Crippen molar-refractivity contribution in [1.29, 1.82) is 0 Å². The van der Waals surface area contributed by atoms with Crippen molar-refractivity contribution in [3.8, 4) is 0 Å². The minimum atomic E-state index is -3.83. The standard InChI is InChI=1S/C19H41N2O3S/c1-4-7-11-20(12-8-5-2)15-17-21(18-16-20,13-9-6-3)14-10-19-25(22,23)24/h4-19H2,1-3H3/q+1/p+1. The molecule has 0 aromatic heterocycles. The summed E-state index contributed by atoms with van der Waals surface area (Å²) >= 11 is 0. The van der Waals surface area contributed by atoms with Gasteiger partial charge in [-0.15, -0.1) is 0 Å². The summed E-state index contributed by atoms with van der Waals surface area (Å²) < 4.78 is 33.5. The number of piperazine rings is 1. The zero-order valence-electron chi connectivity index (χ0n) is 16.9. The van der Waals surface area contributed by atoms with Crippen LogP contribution in [0.5, 0.6) is 0 Å². The zero-order valence-corrected chi connectivity index (χ0v) is 17.7. The van der Waals surface area contributed by atoms with Crippen LogP contribution >= 0.6 is 0 Å². The second kappa shape index (κ2) is 10.9. The lowest BCUT2D eigenvalue weighted by Crippen LogP contribution is -2.67. The summed E-state index contributed by atoms with van der Waals surface area (Å²) in [5, 5.41) is 0. The average Bonchev–Trinajstić information content (AvgIpc) is 2.57. The van der Waals surface area contributed by atoms with Crippen molar-refractivity contribution >= 4 is 10.1 Å². The average molecular weight is 379 g/mol. The summed E-state index contributed by atoms with van der Waals surface area (Å²) in [5.74, 6) is -0.0925. The summed E-state index contributed by atoms with van der Waals surface area (Å²) in [6.45, 7) is 16.2. The maximum atomic E-state index is 11.1. The van der Waals surface area contributed by atoms with Gasteiger partial charge in [-0.05, 0) is 19.3 Å². The van der Waals surface area contributed by atoms with Crippen LogP contribution < -0.4 is 0 Å². The predicted molar refractivity (Wildman–Crippen MR) is 105 cm³/mol. The van der Waals surface area contributed by atoms with Crippen molar-refractivity contribution in [2.75, 3.05) is 58.1 Å². The number of unbranched alkanes of at least 4 members (excludes halogenated alkanes) is 3. The third-order valence-electron chi connectivity index (χ3n) is 6.09. The van der Waals surface area contributed by atoms with Gasteiger partial charge in [-0.2, -0.15) is 8.42 Å². The lowest BCUT2D eigenvalue weighted by molar-refractivity contribution is -1.03. The smallest absolute Gasteiger partial charge is 0.265 e. The molecule has 1 heterocycles. The van der Waals surface area contributed by atoms with Crippen molar-refractivity contribution in [3.05, 3.63) is 0 Å². The Morgan fingerprint density at radius 1 is 0.680 bits per heavy atom. The number of quaternary nitrogens is 2. The SMILES string of the molecule is CCCC[N+]1(CCCC)CC[N+](CCCC)(CCCS(=O)(=O)O)CC1. The van der Waals surface area contributed by atoms with E-state index in [-0.39, 0.29) is 5.75 Å². The van der Waals surface area contributed by atoms with Gasteiger partial charge in [0.2, 0.25) is 0 Å². The predicted octanol–water partition coefficient (Wildman–Crippen LogP) is 3.31. The first kappa shape index (κ1) is 22.9. The highest BCUT2D eigenvalue weighted by Crippen LogP contribution is 2.23. The molecular formula is C19H42N2O3S+2. The van der Waals surface area contributed by atoms with Crippen LogP contribution in [0.3, 0.4) is 0 Å². The van der Waals surface area contributed by atoms with Gasteiger partial charge >= 0.3 is 0 Å². The Morgan fingerprint density at radius 2 is 1.00 bits per heavy atom. The molecule has 0 aromatic rings. The molecule has 0 atom stereocenters. The van der Waals surface area contributed by atoms with E-state index in [9.17, 15) is 8.42 Å². The molecule has 0 amide bonds. The second-order valence-corrected chi connectivity index (χ2v) is 9.74. The maximum Gasteiger partial charge on any atom is 0.265 e. The summed E-state index contributed by atoms with van der Waals surface area (Å²) in [6.07, 6.45) is 8.10. The van der Waals surface area contributed by atoms with Gasteiger partial charge in [-0.25, -0.2) is 0 Å². The first-order valence-corrected chi connectivity index (χ1v) is 12.1. The van der Waals surface area contributed by atoms with Crippen molar-refractivity contribution in [3.63, 3.8) is 0 Å². The van der Waals surface area contributed by atoms with Crippen LogP contribution in [0, 0.1) is 0 Å². The summed E-state index contributed by atoms with van der Waals surface area (Å²) in [5.41, 5.74) is 0. The van der Waals surface area contributed by atoms with Crippen LogP contribution in [0.1, 0.15) is 65.7 Å². The highest BCUT2D eigenvalue weighted by molar-refractivity contribution is 7.85. The summed E-state index contributed by atoms with van der Waals surface area (Å²) in [7, 11) is -3.83. The van der Waals surface area contributed by atoms with Gasteiger partial charge < -0.3 is 8.97 Å². The van der Waals surface area contributed by atoms with E-state index in [1.165, 1.54) is 82.3 Å². The molecule has 0 unspecified atom stereocenters. The van der Waals surface area contributed by atoms with Gasteiger partial charge in [0, 0.05) is 6.42 Å². The quantitative estimate of drug-likeness (QED) is 0.395. The molecule has 1 rings (SSSR count). The molecule has 1 saturated heterocycles. The fourth-order valence-electron chi connectivity index (χ4n) is 4.25. The van der Waals surface area contributed by atoms with Gasteiger partial charge in [-0.1, -0.05) is 40.0 Å². The molecule has 0 bridgehead atoms. The molecule has 0 saturated carbocycles. The van der Waals surface area contributed by atoms with E-state index in [1.807, 2.05) is 0 Å². The molecule has 5 nitrogen and oxygen atoms in total. The lowest BCUT2D eigenvalue weighted by atomic mass is 10.1. The fourth-order valence-corrected chi connectivity index (χ4v) is 4.75. The van der Waals surface area contributed by atoms with Crippen LogP contribution in [0.2, 0.25) is 0 Å². The van der Waals surface area contributed by atoms with E-state index in [2.05, 4.69) is 20.8 Å². The Balaban J connectivity index is 2.71. The van der Waals surface area contributed by atoms with Crippen molar-refractivity contribution in [2.24, 2.45) is 0 Å². The maximum absolute atomic E-state index is 11.1. The molecule has 1 fully saturated rings. The van der Waals surface area contributed by atoms with E-state index in [0.717, 1.165) is 17.6 Å². The van der Waals surface area contributed by atoms with E-state index in [4.69, 9.17) is 4.55 Å². The van der Waals surface area contributed by atoms with E-state index in [1.54, 1.807) is 0 Å². The monoisotopic (exact) mass is 378 g/mol. The molecule has 6 heteroatoms. The molecule has 1 aliphatic rings. The van der Waals surface area contributed by atoms with Gasteiger partial charge in [0.25, 0.3) is 10.1 Å². The number of nitrogens with zero attached hydrogens (tertiary/aromatic N) is 2. The first-order chi connectivity index (χ1) is 11.8. The summed E-state index contributed by atoms with van der Waals surface area (Å²) in [4.78, 5) is 0. The summed E-state index contributed by atoms with van der Waals surface area (Å²) in [6, 6.07) is 0. The topological polar surface area (TPSA) is 54.4 Å². The Morgan fingerprint density at radius 3 is 1.28 bits per heavy atom. The molecule has 150 valence electrons. The lowest BCUT2D eigenvalue weighted by Gasteiger charge is -2.50. The third-order valence-corrected chi connectivity index (χ3v) is 6.89. The minimum Gasteiger partial charge on any atom is -0.314 e. The van der Waals surface area contributed by atoms with Crippen LogP contribution in [0.4, 0.5) is 0 Å². The fraction of sp³-hybridized carbons (Fsp3) is 1.00. The molecule has 0 aromatic carbocycles. The molecule has 1 aliphatic heterocycles. The van der Waals surface area contributed by atoms with Crippen molar-refractivity contribution in [1.82, 2.24) is 0 Å². The Bertz CT molecular complexity index is 447. The van der Waals surface area contributed by atoms with Crippen LogP contribution in [0.15, 0.2) is 0 Å². The highest BCUT2D eigenvalue weighted by Gasteiger charge is 2.40. The van der Waals surface area contributed by atoms with Gasteiger partial charge in [0.1, 0.15) is 26.2 Å². The largest absolute Gasteiger partial charge is 0.314 e. The van der Waals surface area contributed by atoms with E-state index in [0.29, 0.717) is 6.42 Å². The number of hydrogen-bond donors (Lipinski definition) is 1. The van der Waals surface area contributed by atoms with E-state index >= 15 is 0 Å². The van der Waals surface area contributed by atoms with Crippen LogP contribution in [-0.4, -0.2) is 80.0 Å². The van der Waals surface area contributed by atoms with Gasteiger partial charge in [0.05, 0.1) is 31.9 Å². The Hall–Kier alpha value is -0.170. The highest BCUT2D eigenvalue weighted by atomic mass is 32.2. The van der Waals surface area contributed by atoms with Crippen molar-refractivity contribution in [2.45, 2.75) is 65.7 Å². The van der Waals surface area contributed by atoms with Crippen LogP contribution in [-0.2, 0) is 10.1 Å².